The van der Waals surface area contributed by atoms with E-state index < -0.39 is 5.97 Å². The molecule has 0 saturated carbocycles. The van der Waals surface area contributed by atoms with Crippen molar-refractivity contribution in [1.82, 2.24) is 4.98 Å². The maximum absolute atomic E-state index is 10.8. The van der Waals surface area contributed by atoms with Gasteiger partial charge in [-0.25, -0.2) is 4.79 Å². The van der Waals surface area contributed by atoms with Gasteiger partial charge >= 0.3 is 5.97 Å². The van der Waals surface area contributed by atoms with Gasteiger partial charge in [0.2, 0.25) is 0 Å². The van der Waals surface area contributed by atoms with Crippen LogP contribution in [0.15, 0.2) is 18.2 Å². The van der Waals surface area contributed by atoms with Gasteiger partial charge < -0.3 is 19.6 Å². The van der Waals surface area contributed by atoms with Gasteiger partial charge in [-0.2, -0.15) is 0 Å². The summed E-state index contributed by atoms with van der Waals surface area (Å²) in [5.41, 5.74) is 0.860. The molecular weight excluding hydrogens is 222 g/mol. The van der Waals surface area contributed by atoms with Crippen LogP contribution in [0.5, 0.6) is 11.5 Å². The van der Waals surface area contributed by atoms with Crippen molar-refractivity contribution in [3.05, 3.63) is 23.9 Å². The summed E-state index contributed by atoms with van der Waals surface area (Å²) in [4.78, 5) is 13.6. The number of carbonyl (C=O) groups is 1. The van der Waals surface area contributed by atoms with E-state index in [1.165, 1.54) is 0 Å². The molecule has 17 heavy (non-hydrogen) atoms. The van der Waals surface area contributed by atoms with Crippen LogP contribution < -0.4 is 9.47 Å². The third-order valence-electron chi connectivity index (χ3n) is 2.44. The van der Waals surface area contributed by atoms with E-state index >= 15 is 0 Å². The Bertz CT molecular complexity index is 559. The zero-order valence-electron chi connectivity index (χ0n) is 9.61. The van der Waals surface area contributed by atoms with Crippen molar-refractivity contribution in [3.63, 3.8) is 0 Å². The molecule has 2 rings (SSSR count). The van der Waals surface area contributed by atoms with Crippen molar-refractivity contribution in [2.45, 2.75) is 6.92 Å². The molecule has 0 amide bonds. The first-order valence-corrected chi connectivity index (χ1v) is 5.22. The molecule has 90 valence electrons. The second-order valence-electron chi connectivity index (χ2n) is 3.51. The number of carboxylic acid groups (broad SMARTS) is 1. The lowest BCUT2D eigenvalue weighted by Gasteiger charge is -2.08. The highest BCUT2D eigenvalue weighted by Crippen LogP contribution is 2.32. The number of ether oxygens (including phenoxy) is 2. The number of hydrogen-bond acceptors (Lipinski definition) is 3. The van der Waals surface area contributed by atoms with Crippen LogP contribution in [0.25, 0.3) is 10.9 Å². The number of fused-ring (bicyclic) bond motifs is 1. The van der Waals surface area contributed by atoms with E-state index in [4.69, 9.17) is 14.6 Å². The van der Waals surface area contributed by atoms with Gasteiger partial charge in [-0.15, -0.1) is 0 Å². The summed E-state index contributed by atoms with van der Waals surface area (Å²) < 4.78 is 10.6. The van der Waals surface area contributed by atoms with Crippen molar-refractivity contribution in [2.75, 3.05) is 13.7 Å². The Labute approximate surface area is 98.0 Å². The molecule has 0 spiro atoms. The van der Waals surface area contributed by atoms with Gasteiger partial charge in [0.05, 0.1) is 19.2 Å². The zero-order chi connectivity index (χ0) is 12.4. The Morgan fingerprint density at radius 1 is 1.35 bits per heavy atom. The van der Waals surface area contributed by atoms with Crippen LogP contribution in [0, 0.1) is 0 Å². The molecule has 1 aromatic heterocycles. The minimum atomic E-state index is -0.988. The molecule has 0 saturated heterocycles. The average Bonchev–Trinajstić information content (AvgIpc) is 2.71. The van der Waals surface area contributed by atoms with Gasteiger partial charge in [-0.3, -0.25) is 0 Å². The number of carboxylic acids is 1. The molecule has 1 heterocycles. The molecule has 0 bridgehead atoms. The number of H-pyrrole nitrogens is 1. The molecule has 0 aliphatic rings. The van der Waals surface area contributed by atoms with Crippen LogP contribution in [0.3, 0.4) is 0 Å². The van der Waals surface area contributed by atoms with Gasteiger partial charge in [-0.05, 0) is 19.1 Å². The fourth-order valence-corrected chi connectivity index (χ4v) is 1.68. The van der Waals surface area contributed by atoms with Crippen molar-refractivity contribution >= 4 is 16.9 Å². The van der Waals surface area contributed by atoms with E-state index in [0.717, 1.165) is 5.39 Å². The van der Waals surface area contributed by atoms with Crippen molar-refractivity contribution in [1.29, 1.82) is 0 Å². The quantitative estimate of drug-likeness (QED) is 0.852. The molecular formula is C12H13NO4. The smallest absolute Gasteiger partial charge is 0.352 e. The maximum atomic E-state index is 10.8. The van der Waals surface area contributed by atoms with E-state index in [2.05, 4.69) is 4.98 Å². The number of aromatic carboxylic acids is 1. The molecule has 0 fully saturated rings. The van der Waals surface area contributed by atoms with E-state index in [-0.39, 0.29) is 5.69 Å². The number of nitrogens with one attached hydrogen (secondary N) is 1. The molecule has 0 aliphatic heterocycles. The zero-order valence-corrected chi connectivity index (χ0v) is 9.61. The Balaban J connectivity index is 2.57. The van der Waals surface area contributed by atoms with Crippen molar-refractivity contribution in [2.24, 2.45) is 0 Å². The molecule has 0 atom stereocenters. The number of aromatic amines is 1. The summed E-state index contributed by atoms with van der Waals surface area (Å²) in [5, 5.41) is 9.68. The van der Waals surface area contributed by atoms with E-state index in [1.54, 1.807) is 25.3 Å². The minimum absolute atomic E-state index is 0.149. The Morgan fingerprint density at radius 3 is 2.71 bits per heavy atom. The normalized spacial score (nSPS) is 10.5. The monoisotopic (exact) mass is 235 g/mol. The van der Waals surface area contributed by atoms with Gasteiger partial charge in [0.15, 0.2) is 11.5 Å². The summed E-state index contributed by atoms with van der Waals surface area (Å²) in [5.74, 6) is 0.203. The SMILES string of the molecule is CCOc1cc2cc(C(=O)O)[nH]c2cc1OC. The van der Waals surface area contributed by atoms with Gasteiger partial charge in [0.25, 0.3) is 0 Å². The highest BCUT2D eigenvalue weighted by atomic mass is 16.5. The molecule has 2 N–H and O–H groups in total. The third kappa shape index (κ3) is 2.04. The first-order valence-electron chi connectivity index (χ1n) is 5.22. The lowest BCUT2D eigenvalue weighted by molar-refractivity contribution is 0.0691. The molecule has 2 aromatic rings. The van der Waals surface area contributed by atoms with E-state index in [0.29, 0.717) is 23.6 Å². The Kier molecular flexibility index (Phi) is 2.91. The largest absolute Gasteiger partial charge is 0.493 e. The number of methoxy groups -OCH3 is 1. The molecule has 0 aliphatic carbocycles. The fraction of sp³-hybridized carbons (Fsp3) is 0.250. The van der Waals surface area contributed by atoms with Gasteiger partial charge in [0.1, 0.15) is 5.69 Å². The molecule has 5 nitrogen and oxygen atoms in total. The maximum Gasteiger partial charge on any atom is 0.352 e. The van der Waals surface area contributed by atoms with Crippen molar-refractivity contribution in [3.8, 4) is 11.5 Å². The Hall–Kier alpha value is -2.17. The highest BCUT2D eigenvalue weighted by Gasteiger charge is 2.11. The lowest BCUT2D eigenvalue weighted by atomic mass is 10.2. The standard InChI is InChI=1S/C12H13NO4/c1-3-17-11-5-7-4-9(12(14)15)13-8(7)6-10(11)16-2/h4-6,13H,3H2,1-2H3,(H,14,15). The predicted molar refractivity (Wildman–Crippen MR) is 63.0 cm³/mol. The lowest BCUT2D eigenvalue weighted by Crippen LogP contribution is -1.95. The second-order valence-corrected chi connectivity index (χ2v) is 3.51. The molecule has 5 heteroatoms. The minimum Gasteiger partial charge on any atom is -0.493 e. The van der Waals surface area contributed by atoms with Crippen LogP contribution in [-0.4, -0.2) is 29.8 Å². The predicted octanol–water partition coefficient (Wildman–Crippen LogP) is 2.27. The Morgan fingerprint density at radius 2 is 2.12 bits per heavy atom. The van der Waals surface area contributed by atoms with Crippen LogP contribution in [-0.2, 0) is 0 Å². The number of benzene rings is 1. The second kappa shape index (κ2) is 4.37. The summed E-state index contributed by atoms with van der Waals surface area (Å²) in [6.45, 7) is 2.40. The van der Waals surface area contributed by atoms with Crippen LogP contribution in [0.1, 0.15) is 17.4 Å². The molecule has 0 radical (unpaired) electrons. The highest BCUT2D eigenvalue weighted by molar-refractivity contribution is 5.94. The first kappa shape index (κ1) is 11.3. The van der Waals surface area contributed by atoms with Gasteiger partial charge in [-0.1, -0.05) is 0 Å². The summed E-state index contributed by atoms with van der Waals surface area (Å²) >= 11 is 0. The summed E-state index contributed by atoms with van der Waals surface area (Å²) in [6, 6.07) is 5.06. The van der Waals surface area contributed by atoms with Crippen molar-refractivity contribution < 1.29 is 19.4 Å². The molecule has 1 aromatic carbocycles. The van der Waals surface area contributed by atoms with Crippen LogP contribution >= 0.6 is 0 Å². The fourth-order valence-electron chi connectivity index (χ4n) is 1.68. The number of aromatic nitrogens is 1. The third-order valence-corrected chi connectivity index (χ3v) is 2.44. The van der Waals surface area contributed by atoms with Crippen LogP contribution in [0.2, 0.25) is 0 Å². The van der Waals surface area contributed by atoms with E-state index in [9.17, 15) is 4.79 Å². The van der Waals surface area contributed by atoms with E-state index in [1.807, 2.05) is 6.92 Å². The topological polar surface area (TPSA) is 71.5 Å². The van der Waals surface area contributed by atoms with Crippen LogP contribution in [0.4, 0.5) is 0 Å². The number of rotatable bonds is 4. The first-order chi connectivity index (χ1) is 8.15. The summed E-state index contributed by atoms with van der Waals surface area (Å²) in [6.07, 6.45) is 0. The number of hydrogen-bond donors (Lipinski definition) is 2. The van der Waals surface area contributed by atoms with Gasteiger partial charge in [0, 0.05) is 11.5 Å². The average molecular weight is 235 g/mol. The molecule has 0 unspecified atom stereocenters. The summed E-state index contributed by atoms with van der Waals surface area (Å²) in [7, 11) is 1.55.